The van der Waals surface area contributed by atoms with Crippen LogP contribution in [0.4, 0.5) is 0 Å². The van der Waals surface area contributed by atoms with Crippen LogP contribution in [0, 0.1) is 23.2 Å². The van der Waals surface area contributed by atoms with E-state index in [1.807, 2.05) is 6.07 Å². The molecule has 3 rings (SSSR count). The zero-order valence-corrected chi connectivity index (χ0v) is 18.7. The number of sulfonamides is 1. The van der Waals surface area contributed by atoms with E-state index in [2.05, 4.69) is 24.1 Å². The number of nitrogens with zero attached hydrogens (tertiary/aromatic N) is 3. The number of hydrogen-bond donors (Lipinski definition) is 1. The number of rotatable bonds is 6. The predicted octanol–water partition coefficient (Wildman–Crippen LogP) is 2.20. The molecule has 2 aliphatic rings. The highest BCUT2D eigenvalue weighted by atomic mass is 32.2. The predicted molar refractivity (Wildman–Crippen MR) is 115 cm³/mol. The Labute approximate surface area is 180 Å². The normalized spacial score (nSPS) is 22.0. The van der Waals surface area contributed by atoms with E-state index in [-0.39, 0.29) is 16.7 Å². The van der Waals surface area contributed by atoms with Crippen LogP contribution in [-0.2, 0) is 14.8 Å². The molecule has 2 fully saturated rings. The summed E-state index contributed by atoms with van der Waals surface area (Å²) in [5, 5.41) is 12.0. The number of nitriles is 1. The lowest BCUT2D eigenvalue weighted by Crippen LogP contribution is -2.46. The van der Waals surface area contributed by atoms with Gasteiger partial charge >= 0.3 is 0 Å². The number of amides is 1. The fourth-order valence-corrected chi connectivity index (χ4v) is 5.80. The number of carbonyl (C=O) groups is 1. The second-order valence-electron chi connectivity index (χ2n) is 8.66. The largest absolute Gasteiger partial charge is 0.356 e. The molecule has 1 atom stereocenters. The first-order chi connectivity index (χ1) is 14.3. The first-order valence-corrected chi connectivity index (χ1v) is 12.3. The molecular weight excluding hydrogens is 400 g/mol. The van der Waals surface area contributed by atoms with Crippen LogP contribution in [0.1, 0.15) is 45.1 Å². The molecule has 30 heavy (non-hydrogen) atoms. The van der Waals surface area contributed by atoms with Crippen molar-refractivity contribution in [2.75, 3.05) is 32.7 Å². The molecule has 0 aliphatic carbocycles. The van der Waals surface area contributed by atoms with Crippen molar-refractivity contribution in [3.8, 4) is 6.07 Å². The van der Waals surface area contributed by atoms with Crippen molar-refractivity contribution < 1.29 is 13.2 Å². The van der Waals surface area contributed by atoms with Crippen molar-refractivity contribution in [2.24, 2.45) is 11.8 Å². The Morgan fingerprint density at radius 1 is 1.17 bits per heavy atom. The Morgan fingerprint density at radius 2 is 1.83 bits per heavy atom. The van der Waals surface area contributed by atoms with Gasteiger partial charge in [0.15, 0.2) is 0 Å². The molecule has 1 aromatic carbocycles. The van der Waals surface area contributed by atoms with Gasteiger partial charge in [-0.05, 0) is 76.3 Å². The highest BCUT2D eigenvalue weighted by Crippen LogP contribution is 2.24. The molecule has 8 heteroatoms. The minimum Gasteiger partial charge on any atom is -0.356 e. The van der Waals surface area contributed by atoms with Gasteiger partial charge in [-0.15, -0.1) is 0 Å². The maximum atomic E-state index is 12.8. The van der Waals surface area contributed by atoms with Crippen molar-refractivity contribution in [3.05, 3.63) is 29.8 Å². The SMILES string of the molecule is CC(C)N1CCCC(CNC(=O)C2CCN(S(=O)(=O)c3ccc(C#N)cc3)CC2)C1. The molecule has 0 aromatic heterocycles. The van der Waals surface area contributed by atoms with Crippen molar-refractivity contribution >= 4 is 15.9 Å². The molecule has 0 bridgehead atoms. The van der Waals surface area contributed by atoms with E-state index in [0.717, 1.165) is 19.5 Å². The quantitative estimate of drug-likeness (QED) is 0.744. The smallest absolute Gasteiger partial charge is 0.243 e. The Hall–Kier alpha value is -1.95. The molecule has 2 saturated heterocycles. The molecule has 164 valence electrons. The summed E-state index contributed by atoms with van der Waals surface area (Å²) >= 11 is 0. The molecule has 2 heterocycles. The molecule has 2 aliphatic heterocycles. The molecular formula is C22H32N4O3S. The van der Waals surface area contributed by atoms with Gasteiger partial charge in [0.05, 0.1) is 16.5 Å². The summed E-state index contributed by atoms with van der Waals surface area (Å²) in [7, 11) is -3.59. The van der Waals surface area contributed by atoms with Crippen LogP contribution >= 0.6 is 0 Å². The standard InChI is InChI=1S/C22H32N4O3S/c1-17(2)25-11-3-4-19(16-25)15-24-22(27)20-9-12-26(13-10-20)30(28,29)21-7-5-18(14-23)6-8-21/h5-8,17,19-20H,3-4,9-13,15-16H2,1-2H3,(H,24,27). The van der Waals surface area contributed by atoms with Crippen molar-refractivity contribution in [2.45, 2.75) is 50.5 Å². The summed E-state index contributed by atoms with van der Waals surface area (Å²) < 4.78 is 27.1. The van der Waals surface area contributed by atoms with Crippen LogP contribution in [0.5, 0.6) is 0 Å². The Balaban J connectivity index is 1.48. The second kappa shape index (κ2) is 9.90. The van der Waals surface area contributed by atoms with E-state index in [0.29, 0.717) is 50.0 Å². The third-order valence-electron chi connectivity index (χ3n) is 6.29. The van der Waals surface area contributed by atoms with Crippen LogP contribution in [0.3, 0.4) is 0 Å². The van der Waals surface area contributed by atoms with Crippen LogP contribution < -0.4 is 5.32 Å². The number of nitrogens with one attached hydrogen (secondary N) is 1. The third-order valence-corrected chi connectivity index (χ3v) is 8.20. The van der Waals surface area contributed by atoms with Crippen LogP contribution in [0.25, 0.3) is 0 Å². The molecule has 1 unspecified atom stereocenters. The summed E-state index contributed by atoms with van der Waals surface area (Å²) in [6.07, 6.45) is 3.38. The van der Waals surface area contributed by atoms with E-state index < -0.39 is 10.0 Å². The minimum absolute atomic E-state index is 0.0482. The summed E-state index contributed by atoms with van der Waals surface area (Å²) in [6.45, 7) is 7.95. The monoisotopic (exact) mass is 432 g/mol. The van der Waals surface area contributed by atoms with E-state index in [4.69, 9.17) is 5.26 Å². The number of likely N-dealkylation sites (tertiary alicyclic amines) is 1. The topological polar surface area (TPSA) is 93.5 Å². The van der Waals surface area contributed by atoms with Crippen LogP contribution in [-0.4, -0.2) is 62.3 Å². The Morgan fingerprint density at radius 3 is 2.43 bits per heavy atom. The third kappa shape index (κ3) is 5.39. The van der Waals surface area contributed by atoms with Gasteiger partial charge in [-0.25, -0.2) is 8.42 Å². The maximum Gasteiger partial charge on any atom is 0.243 e. The minimum atomic E-state index is -3.59. The van der Waals surface area contributed by atoms with Crippen molar-refractivity contribution in [1.29, 1.82) is 5.26 Å². The van der Waals surface area contributed by atoms with Gasteiger partial charge in [-0.3, -0.25) is 4.79 Å². The van der Waals surface area contributed by atoms with E-state index >= 15 is 0 Å². The molecule has 0 radical (unpaired) electrons. The first kappa shape index (κ1) is 22.7. The van der Waals surface area contributed by atoms with Gasteiger partial charge in [0.25, 0.3) is 0 Å². The lowest BCUT2D eigenvalue weighted by Gasteiger charge is -2.36. The Kier molecular flexibility index (Phi) is 7.50. The van der Waals surface area contributed by atoms with Crippen molar-refractivity contribution in [3.63, 3.8) is 0 Å². The average Bonchev–Trinajstić information content (AvgIpc) is 2.77. The van der Waals surface area contributed by atoms with Gasteiger partial charge in [-0.1, -0.05) is 0 Å². The van der Waals surface area contributed by atoms with Crippen LogP contribution in [0.15, 0.2) is 29.2 Å². The zero-order valence-electron chi connectivity index (χ0n) is 17.9. The van der Waals surface area contributed by atoms with Gasteiger partial charge in [0, 0.05) is 38.1 Å². The summed E-state index contributed by atoms with van der Waals surface area (Å²) in [4.78, 5) is 15.3. The molecule has 0 spiro atoms. The van der Waals surface area contributed by atoms with E-state index in [1.165, 1.54) is 35.0 Å². The number of hydrogen-bond acceptors (Lipinski definition) is 5. The zero-order chi connectivity index (χ0) is 21.7. The fourth-order valence-electron chi connectivity index (χ4n) is 4.33. The molecule has 0 saturated carbocycles. The van der Waals surface area contributed by atoms with Gasteiger partial charge in [0.1, 0.15) is 0 Å². The Bertz CT molecular complexity index is 869. The highest BCUT2D eigenvalue weighted by molar-refractivity contribution is 7.89. The summed E-state index contributed by atoms with van der Waals surface area (Å²) in [5.41, 5.74) is 0.429. The van der Waals surface area contributed by atoms with Gasteiger partial charge < -0.3 is 10.2 Å². The average molecular weight is 433 g/mol. The van der Waals surface area contributed by atoms with Crippen molar-refractivity contribution in [1.82, 2.24) is 14.5 Å². The maximum absolute atomic E-state index is 12.8. The summed E-state index contributed by atoms with van der Waals surface area (Å²) in [5.74, 6) is 0.399. The number of benzene rings is 1. The van der Waals surface area contributed by atoms with Gasteiger partial charge in [-0.2, -0.15) is 9.57 Å². The van der Waals surface area contributed by atoms with E-state index in [9.17, 15) is 13.2 Å². The highest BCUT2D eigenvalue weighted by Gasteiger charge is 2.32. The molecule has 7 nitrogen and oxygen atoms in total. The van der Waals surface area contributed by atoms with Gasteiger partial charge in [0.2, 0.25) is 15.9 Å². The van der Waals surface area contributed by atoms with E-state index in [1.54, 1.807) is 0 Å². The van der Waals surface area contributed by atoms with Crippen LogP contribution in [0.2, 0.25) is 0 Å². The molecule has 1 aromatic rings. The molecule has 1 N–H and O–H groups in total. The lowest BCUT2D eigenvalue weighted by atomic mass is 9.95. The first-order valence-electron chi connectivity index (χ1n) is 10.8. The fraction of sp³-hybridized carbons (Fsp3) is 0.636. The lowest BCUT2D eigenvalue weighted by molar-refractivity contribution is -0.126. The number of piperidine rings is 2. The molecule has 1 amide bonds. The second-order valence-corrected chi connectivity index (χ2v) is 10.6. The number of carbonyl (C=O) groups excluding carboxylic acids is 1. The summed E-state index contributed by atoms with van der Waals surface area (Å²) in [6, 6.07) is 8.49.